The zero-order valence-electron chi connectivity index (χ0n) is 17.5. The van der Waals surface area contributed by atoms with E-state index in [4.69, 9.17) is 0 Å². The second-order valence-corrected chi connectivity index (χ2v) is 8.54. The lowest BCUT2D eigenvalue weighted by atomic mass is 9.77. The number of likely N-dealkylation sites (tertiary alicyclic amines) is 1. The van der Waals surface area contributed by atoms with E-state index in [1.54, 1.807) is 0 Å². The molecule has 0 unspecified atom stereocenters. The van der Waals surface area contributed by atoms with E-state index in [2.05, 4.69) is 47.2 Å². The summed E-state index contributed by atoms with van der Waals surface area (Å²) in [6.07, 6.45) is 5.79. The summed E-state index contributed by atoms with van der Waals surface area (Å²) in [5.41, 5.74) is 6.45. The lowest BCUT2D eigenvalue weighted by Gasteiger charge is -2.39. The quantitative estimate of drug-likeness (QED) is 0.644. The molecule has 4 rings (SSSR count). The second kappa shape index (κ2) is 8.27. The summed E-state index contributed by atoms with van der Waals surface area (Å²) in [7, 11) is 1.93. The van der Waals surface area contributed by atoms with Crippen LogP contribution in [-0.4, -0.2) is 45.7 Å². The molecule has 1 fully saturated rings. The summed E-state index contributed by atoms with van der Waals surface area (Å²) >= 11 is 0. The molecule has 2 aromatic heterocycles. The molecule has 2 atom stereocenters. The molecule has 4 nitrogen and oxygen atoms in total. The monoisotopic (exact) mass is 400 g/mol. The Labute approximate surface area is 170 Å². The SMILES string of the molecule is Cc1cc(C)c2[nH]ccc2c1C[C@@H]1CCN(CCC(F)F)C[C@H]1c1cnn(C)c1. The van der Waals surface area contributed by atoms with Gasteiger partial charge < -0.3 is 9.88 Å². The number of nitrogens with one attached hydrogen (secondary N) is 1. The fourth-order valence-electron chi connectivity index (χ4n) is 4.98. The molecule has 1 saturated heterocycles. The summed E-state index contributed by atoms with van der Waals surface area (Å²) < 4.78 is 27.3. The van der Waals surface area contributed by atoms with E-state index >= 15 is 0 Å². The molecule has 3 heterocycles. The van der Waals surface area contributed by atoms with Crippen molar-refractivity contribution in [2.45, 2.75) is 45.5 Å². The molecule has 156 valence electrons. The zero-order chi connectivity index (χ0) is 20.5. The Bertz CT molecular complexity index is 975. The van der Waals surface area contributed by atoms with E-state index in [9.17, 15) is 8.78 Å². The molecule has 1 aliphatic heterocycles. The molecular weight excluding hydrogens is 370 g/mol. The van der Waals surface area contributed by atoms with Crippen LogP contribution < -0.4 is 0 Å². The summed E-state index contributed by atoms with van der Waals surface area (Å²) in [4.78, 5) is 5.58. The van der Waals surface area contributed by atoms with Crippen LogP contribution in [0, 0.1) is 19.8 Å². The van der Waals surface area contributed by atoms with E-state index < -0.39 is 6.43 Å². The van der Waals surface area contributed by atoms with Gasteiger partial charge in [-0.3, -0.25) is 4.68 Å². The first-order valence-corrected chi connectivity index (χ1v) is 10.5. The highest BCUT2D eigenvalue weighted by Gasteiger charge is 2.32. The first-order valence-electron chi connectivity index (χ1n) is 10.5. The number of fused-ring (bicyclic) bond motifs is 1. The van der Waals surface area contributed by atoms with Gasteiger partial charge in [0.2, 0.25) is 6.43 Å². The first kappa shape index (κ1) is 20.1. The number of aryl methyl sites for hydroxylation is 3. The van der Waals surface area contributed by atoms with Crippen molar-refractivity contribution in [3.63, 3.8) is 0 Å². The van der Waals surface area contributed by atoms with Crippen molar-refractivity contribution in [2.24, 2.45) is 13.0 Å². The van der Waals surface area contributed by atoms with Gasteiger partial charge in [0.15, 0.2) is 0 Å². The molecule has 0 saturated carbocycles. The molecule has 1 N–H and O–H groups in total. The van der Waals surface area contributed by atoms with Crippen LogP contribution in [0.1, 0.15) is 41.0 Å². The smallest absolute Gasteiger partial charge is 0.239 e. The van der Waals surface area contributed by atoms with Crippen molar-refractivity contribution in [1.82, 2.24) is 19.7 Å². The van der Waals surface area contributed by atoms with Crippen LogP contribution in [0.15, 0.2) is 30.7 Å². The molecule has 0 bridgehead atoms. The van der Waals surface area contributed by atoms with Crippen LogP contribution >= 0.6 is 0 Å². The number of aromatic amines is 1. The molecule has 0 amide bonds. The average Bonchev–Trinajstić information content (AvgIpc) is 3.33. The minimum absolute atomic E-state index is 0.0501. The van der Waals surface area contributed by atoms with Gasteiger partial charge in [-0.1, -0.05) is 6.07 Å². The normalized spacial score (nSPS) is 20.8. The number of nitrogens with zero attached hydrogens (tertiary/aromatic N) is 3. The predicted molar refractivity (Wildman–Crippen MR) is 113 cm³/mol. The first-order chi connectivity index (χ1) is 13.9. The molecule has 0 spiro atoms. The highest BCUT2D eigenvalue weighted by atomic mass is 19.3. The van der Waals surface area contributed by atoms with Crippen molar-refractivity contribution >= 4 is 10.9 Å². The standard InChI is InChI=1S/C23H30F2N4/c1-15-10-16(2)23-19(4-7-26-23)20(15)11-17-5-8-29(9-6-22(24)25)14-21(17)18-12-27-28(3)13-18/h4,7,10,12-13,17,21-22,26H,5-6,8-9,11,14H2,1-3H3/t17-,21+/m0/s1. The van der Waals surface area contributed by atoms with Gasteiger partial charge in [-0.25, -0.2) is 8.78 Å². The van der Waals surface area contributed by atoms with Crippen LogP contribution in [0.25, 0.3) is 10.9 Å². The Kier molecular flexibility index (Phi) is 5.72. The lowest BCUT2D eigenvalue weighted by molar-refractivity contribution is 0.0957. The highest BCUT2D eigenvalue weighted by molar-refractivity contribution is 5.87. The summed E-state index contributed by atoms with van der Waals surface area (Å²) in [6, 6.07) is 4.45. The van der Waals surface area contributed by atoms with Crippen molar-refractivity contribution in [1.29, 1.82) is 0 Å². The van der Waals surface area contributed by atoms with E-state index in [-0.39, 0.29) is 6.42 Å². The van der Waals surface area contributed by atoms with Gasteiger partial charge in [0.25, 0.3) is 0 Å². The highest BCUT2D eigenvalue weighted by Crippen LogP contribution is 2.37. The third-order valence-electron chi connectivity index (χ3n) is 6.50. The Morgan fingerprint density at radius 1 is 1.28 bits per heavy atom. The molecule has 1 aliphatic rings. The summed E-state index contributed by atoms with van der Waals surface area (Å²) in [5, 5.41) is 5.69. The number of rotatable bonds is 6. The number of aromatic nitrogens is 3. The number of halogens is 2. The van der Waals surface area contributed by atoms with Gasteiger partial charge in [0.05, 0.1) is 6.20 Å². The van der Waals surface area contributed by atoms with Gasteiger partial charge in [-0.2, -0.15) is 5.10 Å². The minimum Gasteiger partial charge on any atom is -0.361 e. The number of benzene rings is 1. The fraction of sp³-hybridized carbons (Fsp3) is 0.522. The Morgan fingerprint density at radius 2 is 2.10 bits per heavy atom. The van der Waals surface area contributed by atoms with Crippen molar-refractivity contribution in [3.05, 3.63) is 53.0 Å². The number of piperidine rings is 1. The number of alkyl halides is 2. The Balaban J connectivity index is 1.61. The van der Waals surface area contributed by atoms with Crippen molar-refractivity contribution < 1.29 is 8.78 Å². The van der Waals surface area contributed by atoms with E-state index in [0.717, 1.165) is 25.9 Å². The zero-order valence-corrected chi connectivity index (χ0v) is 17.5. The minimum atomic E-state index is -2.23. The molecule has 6 heteroatoms. The second-order valence-electron chi connectivity index (χ2n) is 8.54. The molecule has 0 aliphatic carbocycles. The topological polar surface area (TPSA) is 36.9 Å². The van der Waals surface area contributed by atoms with Crippen molar-refractivity contribution in [3.8, 4) is 0 Å². The molecular formula is C23H30F2N4. The average molecular weight is 401 g/mol. The van der Waals surface area contributed by atoms with E-state index in [1.165, 1.54) is 33.2 Å². The third kappa shape index (κ3) is 4.22. The summed E-state index contributed by atoms with van der Waals surface area (Å²) in [6.45, 7) is 6.52. The lowest BCUT2D eigenvalue weighted by Crippen LogP contribution is -2.40. The Morgan fingerprint density at radius 3 is 2.83 bits per heavy atom. The van der Waals surface area contributed by atoms with Crippen molar-refractivity contribution in [2.75, 3.05) is 19.6 Å². The molecule has 3 aromatic rings. The van der Waals surface area contributed by atoms with Gasteiger partial charge in [-0.05, 0) is 67.5 Å². The maximum atomic E-state index is 12.7. The predicted octanol–water partition coefficient (Wildman–Crippen LogP) is 4.82. The molecule has 1 aromatic carbocycles. The van der Waals surface area contributed by atoms with Crippen LogP contribution in [0.4, 0.5) is 8.78 Å². The van der Waals surface area contributed by atoms with Crippen LogP contribution in [-0.2, 0) is 13.5 Å². The number of H-pyrrole nitrogens is 1. The van der Waals surface area contributed by atoms with Gasteiger partial charge in [0.1, 0.15) is 0 Å². The van der Waals surface area contributed by atoms with Gasteiger partial charge in [0, 0.05) is 55.8 Å². The van der Waals surface area contributed by atoms with E-state index in [0.29, 0.717) is 18.4 Å². The summed E-state index contributed by atoms with van der Waals surface area (Å²) in [5.74, 6) is 0.784. The number of hydrogen-bond donors (Lipinski definition) is 1. The fourth-order valence-corrected chi connectivity index (χ4v) is 4.98. The van der Waals surface area contributed by atoms with Gasteiger partial charge >= 0.3 is 0 Å². The third-order valence-corrected chi connectivity index (χ3v) is 6.50. The maximum absolute atomic E-state index is 12.7. The van der Waals surface area contributed by atoms with Crippen LogP contribution in [0.2, 0.25) is 0 Å². The number of hydrogen-bond acceptors (Lipinski definition) is 2. The largest absolute Gasteiger partial charge is 0.361 e. The maximum Gasteiger partial charge on any atom is 0.239 e. The van der Waals surface area contributed by atoms with E-state index in [1.807, 2.05) is 24.1 Å². The molecule has 0 radical (unpaired) electrons. The Hall–Kier alpha value is -2.21. The van der Waals surface area contributed by atoms with Crippen LogP contribution in [0.3, 0.4) is 0 Å². The van der Waals surface area contributed by atoms with Crippen LogP contribution in [0.5, 0.6) is 0 Å². The van der Waals surface area contributed by atoms with Gasteiger partial charge in [-0.15, -0.1) is 0 Å². The molecule has 29 heavy (non-hydrogen) atoms.